The number of carboxylic acids is 1. The lowest BCUT2D eigenvalue weighted by molar-refractivity contribution is 0.0697. The first-order valence-electron chi connectivity index (χ1n) is 5.25. The van der Waals surface area contributed by atoms with Crippen LogP contribution >= 0.6 is 34.1 Å². The third-order valence-corrected chi connectivity index (χ3v) is 3.98. The number of hydrogen-bond donors (Lipinski definition) is 2. The van der Waals surface area contributed by atoms with Crippen LogP contribution in [0.3, 0.4) is 0 Å². The highest BCUT2D eigenvalue weighted by Crippen LogP contribution is 2.25. The normalized spacial score (nSPS) is 10.2. The van der Waals surface area contributed by atoms with Crippen molar-refractivity contribution < 1.29 is 14.7 Å². The van der Waals surface area contributed by atoms with Crippen molar-refractivity contribution in [2.45, 2.75) is 6.92 Å². The van der Waals surface area contributed by atoms with Gasteiger partial charge in [-0.05, 0) is 65.3 Å². The van der Waals surface area contributed by atoms with Crippen molar-refractivity contribution in [1.82, 2.24) is 4.37 Å². The minimum Gasteiger partial charge on any atom is -0.478 e. The van der Waals surface area contributed by atoms with Gasteiger partial charge in [0.25, 0.3) is 5.91 Å². The lowest BCUT2D eigenvalue weighted by Crippen LogP contribution is -2.13. The molecule has 2 aromatic rings. The first-order valence-corrected chi connectivity index (χ1v) is 7.10. The van der Waals surface area contributed by atoms with Gasteiger partial charge in [0.05, 0.1) is 5.69 Å². The fraction of sp³-hybridized carbons (Fsp3) is 0.0833. The van der Waals surface area contributed by atoms with Crippen LogP contribution in [0.4, 0.5) is 5.00 Å². The SMILES string of the molecule is Cc1nsc(NC(=O)c2ccc(I)cc2)c1C(=O)O. The highest BCUT2D eigenvalue weighted by atomic mass is 127. The maximum absolute atomic E-state index is 12.0. The van der Waals surface area contributed by atoms with Gasteiger partial charge in [-0.25, -0.2) is 4.79 Å². The molecule has 0 spiro atoms. The highest BCUT2D eigenvalue weighted by Gasteiger charge is 2.19. The number of carbonyl (C=O) groups excluding carboxylic acids is 1. The molecule has 5 nitrogen and oxygen atoms in total. The molecule has 0 bridgehead atoms. The first-order chi connectivity index (χ1) is 8.99. The van der Waals surface area contributed by atoms with Crippen LogP contribution in [0.5, 0.6) is 0 Å². The Hall–Kier alpha value is -1.48. The fourth-order valence-electron chi connectivity index (χ4n) is 1.48. The Morgan fingerprint density at radius 1 is 1.32 bits per heavy atom. The molecule has 2 N–H and O–H groups in total. The number of benzene rings is 1. The Balaban J connectivity index is 2.24. The second-order valence-electron chi connectivity index (χ2n) is 3.74. The zero-order valence-electron chi connectivity index (χ0n) is 9.81. The Kier molecular flexibility index (Phi) is 4.15. The van der Waals surface area contributed by atoms with Crippen LogP contribution in [0.2, 0.25) is 0 Å². The van der Waals surface area contributed by atoms with E-state index < -0.39 is 5.97 Å². The van der Waals surface area contributed by atoms with Gasteiger partial charge >= 0.3 is 5.97 Å². The third-order valence-electron chi connectivity index (χ3n) is 2.41. The molecular formula is C12H9IN2O3S. The van der Waals surface area contributed by atoms with Crippen LogP contribution in [-0.2, 0) is 0 Å². The Morgan fingerprint density at radius 3 is 2.53 bits per heavy atom. The molecule has 1 amide bonds. The summed E-state index contributed by atoms with van der Waals surface area (Å²) in [7, 11) is 0. The van der Waals surface area contributed by atoms with Gasteiger partial charge in [-0.15, -0.1) is 0 Å². The third kappa shape index (κ3) is 3.10. The molecule has 19 heavy (non-hydrogen) atoms. The summed E-state index contributed by atoms with van der Waals surface area (Å²) >= 11 is 3.11. The number of aromatic carboxylic acids is 1. The first kappa shape index (κ1) is 13.9. The van der Waals surface area contributed by atoms with E-state index in [1.54, 1.807) is 19.1 Å². The van der Waals surface area contributed by atoms with Gasteiger partial charge < -0.3 is 10.4 Å². The number of halogens is 1. The van der Waals surface area contributed by atoms with E-state index in [1.807, 2.05) is 12.1 Å². The number of nitrogens with one attached hydrogen (secondary N) is 1. The number of nitrogens with zero attached hydrogens (tertiary/aromatic N) is 1. The van der Waals surface area contributed by atoms with Gasteiger partial charge in [0.1, 0.15) is 10.6 Å². The van der Waals surface area contributed by atoms with Gasteiger partial charge in [-0.3, -0.25) is 4.79 Å². The van der Waals surface area contributed by atoms with Gasteiger partial charge in [-0.1, -0.05) is 0 Å². The van der Waals surface area contributed by atoms with E-state index in [-0.39, 0.29) is 16.5 Å². The summed E-state index contributed by atoms with van der Waals surface area (Å²) in [6, 6.07) is 6.99. The topological polar surface area (TPSA) is 79.3 Å². The second kappa shape index (κ2) is 5.66. The maximum Gasteiger partial charge on any atom is 0.340 e. The largest absolute Gasteiger partial charge is 0.478 e. The second-order valence-corrected chi connectivity index (χ2v) is 5.76. The molecule has 0 aliphatic rings. The number of hydrogen-bond acceptors (Lipinski definition) is 4. The molecule has 98 valence electrons. The monoisotopic (exact) mass is 388 g/mol. The molecule has 0 aliphatic heterocycles. The van der Waals surface area contributed by atoms with Gasteiger partial charge in [0.15, 0.2) is 0 Å². The number of amides is 1. The van der Waals surface area contributed by atoms with Crippen molar-refractivity contribution in [3.63, 3.8) is 0 Å². The minimum absolute atomic E-state index is 0.0452. The number of rotatable bonds is 3. The smallest absolute Gasteiger partial charge is 0.340 e. The summed E-state index contributed by atoms with van der Waals surface area (Å²) in [4.78, 5) is 23.1. The molecule has 0 aliphatic carbocycles. The van der Waals surface area contributed by atoms with Crippen LogP contribution in [-0.4, -0.2) is 21.4 Å². The zero-order chi connectivity index (χ0) is 14.0. The number of aromatic nitrogens is 1. The molecule has 1 aromatic carbocycles. The molecule has 1 heterocycles. The molecule has 0 saturated heterocycles. The lowest BCUT2D eigenvalue weighted by Gasteiger charge is -2.04. The molecule has 0 atom stereocenters. The molecule has 7 heteroatoms. The molecule has 0 unspecified atom stereocenters. The molecular weight excluding hydrogens is 379 g/mol. The van der Waals surface area contributed by atoms with Crippen LogP contribution in [0.1, 0.15) is 26.4 Å². The van der Waals surface area contributed by atoms with Gasteiger partial charge in [0, 0.05) is 9.13 Å². The van der Waals surface area contributed by atoms with E-state index in [0.29, 0.717) is 11.3 Å². The summed E-state index contributed by atoms with van der Waals surface area (Å²) in [6.07, 6.45) is 0. The molecule has 0 radical (unpaired) electrons. The number of anilines is 1. The van der Waals surface area contributed by atoms with Crippen LogP contribution in [0.15, 0.2) is 24.3 Å². The van der Waals surface area contributed by atoms with Crippen LogP contribution in [0.25, 0.3) is 0 Å². The average Bonchev–Trinajstić information content (AvgIpc) is 2.71. The van der Waals surface area contributed by atoms with Crippen LogP contribution in [0, 0.1) is 10.5 Å². The quantitative estimate of drug-likeness (QED) is 0.793. The van der Waals surface area contributed by atoms with E-state index in [0.717, 1.165) is 15.1 Å². The highest BCUT2D eigenvalue weighted by molar-refractivity contribution is 14.1. The van der Waals surface area contributed by atoms with E-state index in [4.69, 9.17) is 5.11 Å². The van der Waals surface area contributed by atoms with Crippen molar-refractivity contribution in [3.8, 4) is 0 Å². The van der Waals surface area contributed by atoms with Crippen LogP contribution < -0.4 is 5.32 Å². The average molecular weight is 388 g/mol. The zero-order valence-corrected chi connectivity index (χ0v) is 12.8. The Labute approximate surface area is 127 Å². The van der Waals surface area contributed by atoms with E-state index >= 15 is 0 Å². The molecule has 0 saturated carbocycles. The number of aryl methyl sites for hydroxylation is 1. The van der Waals surface area contributed by atoms with Crippen molar-refractivity contribution in [2.75, 3.05) is 5.32 Å². The van der Waals surface area contributed by atoms with Crippen molar-refractivity contribution >= 4 is 51.0 Å². The summed E-state index contributed by atoms with van der Waals surface area (Å²) in [5.74, 6) is -1.44. The summed E-state index contributed by atoms with van der Waals surface area (Å²) in [5, 5.41) is 11.9. The van der Waals surface area contributed by atoms with E-state index in [9.17, 15) is 9.59 Å². The predicted molar refractivity (Wildman–Crippen MR) is 80.9 cm³/mol. The van der Waals surface area contributed by atoms with E-state index in [1.165, 1.54) is 0 Å². The number of carboxylic acid groups (broad SMARTS) is 1. The molecule has 2 rings (SSSR count). The van der Waals surface area contributed by atoms with Gasteiger partial charge in [-0.2, -0.15) is 4.37 Å². The van der Waals surface area contributed by atoms with Crippen molar-refractivity contribution in [1.29, 1.82) is 0 Å². The lowest BCUT2D eigenvalue weighted by atomic mass is 10.2. The summed E-state index contributed by atoms with van der Waals surface area (Å²) in [5.41, 5.74) is 0.919. The van der Waals surface area contributed by atoms with Crippen molar-refractivity contribution in [2.24, 2.45) is 0 Å². The summed E-state index contributed by atoms with van der Waals surface area (Å²) < 4.78 is 4.97. The summed E-state index contributed by atoms with van der Waals surface area (Å²) in [6.45, 7) is 1.60. The van der Waals surface area contributed by atoms with Gasteiger partial charge in [0.2, 0.25) is 0 Å². The van der Waals surface area contributed by atoms with E-state index in [2.05, 4.69) is 32.3 Å². The minimum atomic E-state index is -1.09. The Morgan fingerprint density at radius 2 is 1.95 bits per heavy atom. The molecule has 1 aromatic heterocycles. The fourth-order valence-corrected chi connectivity index (χ4v) is 2.63. The Bertz CT molecular complexity index is 637. The molecule has 0 fully saturated rings. The van der Waals surface area contributed by atoms with Crippen molar-refractivity contribution in [3.05, 3.63) is 44.7 Å². The maximum atomic E-state index is 12.0. The number of carbonyl (C=O) groups is 2. The standard InChI is InChI=1S/C12H9IN2O3S/c1-6-9(12(17)18)11(19-15-6)14-10(16)7-2-4-8(13)5-3-7/h2-5H,1H3,(H,14,16)(H,17,18). The predicted octanol–water partition coefficient (Wildman–Crippen LogP) is 3.01.